The van der Waals surface area contributed by atoms with E-state index in [2.05, 4.69) is 10.2 Å². The zero-order chi connectivity index (χ0) is 24.6. The summed E-state index contributed by atoms with van der Waals surface area (Å²) in [4.78, 5) is 14.4. The molecule has 1 aliphatic heterocycles. The predicted octanol–water partition coefficient (Wildman–Crippen LogP) is 1.52. The van der Waals surface area contributed by atoms with Crippen molar-refractivity contribution in [2.45, 2.75) is 43.8 Å². The molecule has 0 radical (unpaired) electrons. The van der Waals surface area contributed by atoms with E-state index < -0.39 is 35.5 Å². The molecule has 10 nitrogen and oxygen atoms in total. The fraction of sp³-hybridized carbons (Fsp3) is 0.381. The van der Waals surface area contributed by atoms with E-state index in [0.29, 0.717) is 22.6 Å². The van der Waals surface area contributed by atoms with Crippen LogP contribution in [0.25, 0.3) is 0 Å². The van der Waals surface area contributed by atoms with Crippen molar-refractivity contribution in [3.05, 3.63) is 59.2 Å². The van der Waals surface area contributed by atoms with Crippen LogP contribution < -0.4 is 4.74 Å². The lowest BCUT2D eigenvalue weighted by molar-refractivity contribution is -0.134. The van der Waals surface area contributed by atoms with Crippen LogP contribution in [0.4, 0.5) is 8.78 Å². The van der Waals surface area contributed by atoms with Gasteiger partial charge in [-0.2, -0.15) is 22.7 Å². The van der Waals surface area contributed by atoms with Crippen molar-refractivity contribution in [2.75, 3.05) is 13.7 Å². The van der Waals surface area contributed by atoms with Crippen molar-refractivity contribution < 1.29 is 31.8 Å². The van der Waals surface area contributed by atoms with E-state index in [9.17, 15) is 27.1 Å². The van der Waals surface area contributed by atoms with Gasteiger partial charge in [-0.05, 0) is 13.0 Å². The van der Waals surface area contributed by atoms with Crippen molar-refractivity contribution >= 4 is 15.9 Å². The number of fused-ring (bicyclic) bond motifs is 1. The first-order chi connectivity index (χ1) is 16.2. The molecule has 0 saturated carbocycles. The lowest BCUT2D eigenvalue weighted by atomic mass is 9.97. The first-order valence-electron chi connectivity index (χ1n) is 10.3. The summed E-state index contributed by atoms with van der Waals surface area (Å²) in [5, 5.41) is 17.8. The quantitative estimate of drug-likeness (QED) is 0.503. The van der Waals surface area contributed by atoms with E-state index in [1.165, 1.54) is 25.1 Å². The highest BCUT2D eigenvalue weighted by Gasteiger charge is 2.34. The molecule has 1 amide bonds. The topological polar surface area (TPSA) is 120 Å². The Labute approximate surface area is 194 Å². The lowest BCUT2D eigenvalue weighted by Crippen LogP contribution is -2.33. The second-order valence-electron chi connectivity index (χ2n) is 7.82. The Bertz CT molecular complexity index is 1300. The van der Waals surface area contributed by atoms with Crippen molar-refractivity contribution in [1.82, 2.24) is 23.9 Å². The number of benzene rings is 1. The Morgan fingerprint density at radius 2 is 2.00 bits per heavy atom. The van der Waals surface area contributed by atoms with Gasteiger partial charge in [0.1, 0.15) is 17.2 Å². The number of hydrogen-bond donors (Lipinski definition) is 1. The fourth-order valence-electron chi connectivity index (χ4n) is 3.99. The maximum atomic E-state index is 13.1. The minimum absolute atomic E-state index is 0.0615. The smallest absolute Gasteiger partial charge is 0.286 e. The number of ether oxygens (including phenoxy) is 1. The molecule has 3 aromatic rings. The number of carbonyl (C=O) groups excluding carboxylic acids is 1. The standard InChI is InChI=1S/C21H23F2N5O5S/c1-13-19(7-24-27(13)11-20(22)23)34(31,32)28-9-14-8-26(10-17(14)25-28)21(30)16(12-29)15-5-3-4-6-18(15)33-2/h3-7,9,16,20,29H,8,10-12H2,1-2H3/t16-/m0/s1. The number of alkyl halides is 2. The average molecular weight is 496 g/mol. The largest absolute Gasteiger partial charge is 0.496 e. The minimum Gasteiger partial charge on any atom is -0.496 e. The molecular formula is C21H23F2N5O5S. The number of carbonyl (C=O) groups is 1. The number of hydrogen-bond acceptors (Lipinski definition) is 7. The van der Waals surface area contributed by atoms with Crippen LogP contribution in [-0.4, -0.2) is 63.4 Å². The minimum atomic E-state index is -4.16. The summed E-state index contributed by atoms with van der Waals surface area (Å²) in [6.07, 6.45) is -0.349. The van der Waals surface area contributed by atoms with E-state index in [4.69, 9.17) is 4.74 Å². The van der Waals surface area contributed by atoms with Crippen LogP contribution in [0.1, 0.15) is 28.4 Å². The zero-order valence-corrected chi connectivity index (χ0v) is 19.2. The maximum absolute atomic E-state index is 13.1. The molecule has 0 fully saturated rings. The Morgan fingerprint density at radius 3 is 2.65 bits per heavy atom. The van der Waals surface area contributed by atoms with Gasteiger partial charge in [-0.1, -0.05) is 18.2 Å². The highest BCUT2D eigenvalue weighted by atomic mass is 32.2. The van der Waals surface area contributed by atoms with Gasteiger partial charge in [0.15, 0.2) is 0 Å². The number of halogens is 2. The van der Waals surface area contributed by atoms with Crippen molar-refractivity contribution in [3.63, 3.8) is 0 Å². The Hall–Kier alpha value is -3.32. The number of aromatic nitrogens is 4. The molecule has 0 aliphatic carbocycles. The normalized spacial score (nSPS) is 14.5. The molecule has 3 heterocycles. The Balaban J connectivity index is 1.54. The summed E-state index contributed by atoms with van der Waals surface area (Å²) in [5.41, 5.74) is 1.55. The summed E-state index contributed by atoms with van der Waals surface area (Å²) in [5.74, 6) is -0.714. The van der Waals surface area contributed by atoms with Crippen LogP contribution in [0.5, 0.6) is 5.75 Å². The molecule has 1 N–H and O–H groups in total. The summed E-state index contributed by atoms with van der Waals surface area (Å²) >= 11 is 0. The molecule has 13 heteroatoms. The summed E-state index contributed by atoms with van der Waals surface area (Å²) < 4.78 is 58.4. The highest BCUT2D eigenvalue weighted by molar-refractivity contribution is 7.89. The maximum Gasteiger partial charge on any atom is 0.286 e. The van der Waals surface area contributed by atoms with E-state index in [-0.39, 0.29) is 29.6 Å². The van der Waals surface area contributed by atoms with E-state index >= 15 is 0 Å². The number of nitrogens with zero attached hydrogens (tertiary/aromatic N) is 5. The monoisotopic (exact) mass is 495 g/mol. The molecule has 1 atom stereocenters. The average Bonchev–Trinajstić information content (AvgIpc) is 3.48. The molecule has 0 spiro atoms. The van der Waals surface area contributed by atoms with Crippen LogP contribution in [-0.2, 0) is 34.5 Å². The fourth-order valence-corrected chi connectivity index (χ4v) is 5.32. The van der Waals surface area contributed by atoms with Crippen LogP contribution in [0.2, 0.25) is 0 Å². The third-order valence-corrected chi connectivity index (χ3v) is 7.39. The van der Waals surface area contributed by atoms with Crippen molar-refractivity contribution in [2.24, 2.45) is 0 Å². The van der Waals surface area contributed by atoms with Gasteiger partial charge in [0.2, 0.25) is 5.91 Å². The molecular weight excluding hydrogens is 472 g/mol. The number of para-hydroxylation sites is 1. The van der Waals surface area contributed by atoms with E-state index in [1.54, 1.807) is 24.3 Å². The molecule has 1 aromatic carbocycles. The molecule has 0 unspecified atom stereocenters. The zero-order valence-electron chi connectivity index (χ0n) is 18.4. The third-order valence-electron chi connectivity index (χ3n) is 5.76. The third kappa shape index (κ3) is 4.16. The van der Waals surface area contributed by atoms with Gasteiger partial charge in [0, 0.05) is 23.9 Å². The number of aliphatic hydroxyl groups excluding tert-OH is 1. The number of amides is 1. The van der Waals surface area contributed by atoms with Gasteiger partial charge in [-0.3, -0.25) is 9.48 Å². The lowest BCUT2D eigenvalue weighted by Gasteiger charge is -2.23. The summed E-state index contributed by atoms with van der Waals surface area (Å²) in [6.45, 7) is 0.424. The van der Waals surface area contributed by atoms with E-state index in [0.717, 1.165) is 15.0 Å². The van der Waals surface area contributed by atoms with Gasteiger partial charge >= 0.3 is 0 Å². The van der Waals surface area contributed by atoms with Gasteiger partial charge in [-0.15, -0.1) is 0 Å². The molecule has 0 bridgehead atoms. The molecule has 1 aliphatic rings. The summed E-state index contributed by atoms with van der Waals surface area (Å²) in [7, 11) is -2.68. The van der Waals surface area contributed by atoms with Gasteiger partial charge in [0.25, 0.3) is 16.4 Å². The van der Waals surface area contributed by atoms with Crippen molar-refractivity contribution in [3.8, 4) is 5.75 Å². The molecule has 0 saturated heterocycles. The highest BCUT2D eigenvalue weighted by Crippen LogP contribution is 2.31. The van der Waals surface area contributed by atoms with Crippen LogP contribution in [0.3, 0.4) is 0 Å². The predicted molar refractivity (Wildman–Crippen MR) is 115 cm³/mol. The molecule has 34 heavy (non-hydrogen) atoms. The molecule has 182 valence electrons. The SMILES string of the molecule is COc1ccccc1[C@H](CO)C(=O)N1Cc2cn(S(=O)(=O)c3cnn(CC(F)F)c3C)nc2C1. The molecule has 4 rings (SSSR count). The van der Waals surface area contributed by atoms with Crippen LogP contribution in [0.15, 0.2) is 41.6 Å². The Morgan fingerprint density at radius 1 is 1.26 bits per heavy atom. The van der Waals surface area contributed by atoms with Gasteiger partial charge in [-0.25, -0.2) is 8.78 Å². The van der Waals surface area contributed by atoms with Crippen LogP contribution >= 0.6 is 0 Å². The Kier molecular flexibility index (Phi) is 6.41. The van der Waals surface area contributed by atoms with Gasteiger partial charge < -0.3 is 14.7 Å². The first kappa shape index (κ1) is 23.8. The summed E-state index contributed by atoms with van der Waals surface area (Å²) in [6, 6.07) is 6.91. The van der Waals surface area contributed by atoms with Gasteiger partial charge in [0.05, 0.1) is 43.8 Å². The number of rotatable bonds is 8. The second-order valence-corrected chi connectivity index (χ2v) is 9.58. The number of methoxy groups -OCH3 is 1. The van der Waals surface area contributed by atoms with Crippen LogP contribution in [0, 0.1) is 6.92 Å². The first-order valence-corrected chi connectivity index (χ1v) is 11.8. The second kappa shape index (κ2) is 9.14. The number of aliphatic hydroxyl groups is 1. The van der Waals surface area contributed by atoms with E-state index in [1.807, 2.05) is 0 Å². The van der Waals surface area contributed by atoms with Crippen molar-refractivity contribution in [1.29, 1.82) is 0 Å². The molecule has 2 aromatic heterocycles.